The molecule has 3 rings (SSSR count). The molecule has 1 aromatic heterocycles. The van der Waals surface area contributed by atoms with Crippen LogP contribution in [0.4, 0.5) is 0 Å². The molecule has 0 unspecified atom stereocenters. The van der Waals surface area contributed by atoms with Crippen molar-refractivity contribution in [2.75, 3.05) is 0 Å². The molecule has 1 atom stereocenters. The van der Waals surface area contributed by atoms with Gasteiger partial charge in [-0.2, -0.15) is 5.10 Å². The Morgan fingerprint density at radius 3 is 2.28 bits per heavy atom. The number of hydrogen-bond donors (Lipinski definition) is 1. The fraction of sp³-hybridized carbons (Fsp3) is 0.125. The van der Waals surface area contributed by atoms with Gasteiger partial charge in [-0.3, -0.25) is 0 Å². The van der Waals surface area contributed by atoms with Crippen LogP contribution in [0.25, 0.3) is 5.69 Å². The maximum absolute atomic E-state index is 12.6. The Morgan fingerprint density at radius 1 is 1.08 bits per heavy atom. The van der Waals surface area contributed by atoms with E-state index in [-0.39, 0.29) is 14.9 Å². The topological polar surface area (TPSA) is 76.9 Å². The molecule has 0 aliphatic heterocycles. The third kappa shape index (κ3) is 3.85. The molecule has 0 radical (unpaired) electrons. The maximum Gasteiger partial charge on any atom is 0.244 e. The Bertz CT molecular complexity index is 954. The number of hydrogen-bond acceptors (Lipinski definition) is 4. The van der Waals surface area contributed by atoms with Crippen molar-refractivity contribution in [3.05, 3.63) is 70.7 Å². The minimum atomic E-state index is -3.86. The van der Waals surface area contributed by atoms with E-state index in [0.717, 1.165) is 11.3 Å². The molecule has 25 heavy (non-hydrogen) atoms. The van der Waals surface area contributed by atoms with Gasteiger partial charge in [0.1, 0.15) is 17.6 Å². The van der Waals surface area contributed by atoms with Gasteiger partial charge in [-0.25, -0.2) is 22.8 Å². The lowest BCUT2D eigenvalue weighted by Crippen LogP contribution is -2.27. The van der Waals surface area contributed by atoms with Crippen LogP contribution in [0, 0.1) is 0 Å². The fourth-order valence-corrected chi connectivity index (χ4v) is 4.73. The quantitative estimate of drug-likeness (QED) is 0.714. The zero-order chi connectivity index (χ0) is 18.0. The van der Waals surface area contributed by atoms with Crippen molar-refractivity contribution in [1.29, 1.82) is 0 Å². The van der Waals surface area contributed by atoms with Gasteiger partial charge in [0.05, 0.1) is 15.7 Å². The summed E-state index contributed by atoms with van der Waals surface area (Å²) in [6, 6.07) is 11.4. The van der Waals surface area contributed by atoms with Gasteiger partial charge < -0.3 is 0 Å². The molecule has 0 saturated heterocycles. The van der Waals surface area contributed by atoms with Gasteiger partial charge in [-0.05, 0) is 36.8 Å². The standard InChI is InChI=1S/C16H14Cl2N4O2S/c1-11(12-5-7-13(8-6-12)22-10-19-9-20-22)21-25(23,24)16-14(17)3-2-4-15(16)18/h2-11,21H,1H3/t11-/m1/s1. The zero-order valence-corrected chi connectivity index (χ0v) is 15.4. The summed E-state index contributed by atoms with van der Waals surface area (Å²) in [5, 5.41) is 4.20. The number of aromatic nitrogens is 3. The minimum absolute atomic E-state index is 0.0775. The third-order valence-electron chi connectivity index (χ3n) is 3.60. The fourth-order valence-electron chi connectivity index (χ4n) is 2.36. The highest BCUT2D eigenvalue weighted by atomic mass is 35.5. The van der Waals surface area contributed by atoms with Crippen molar-refractivity contribution >= 4 is 33.2 Å². The van der Waals surface area contributed by atoms with Gasteiger partial charge in [0.25, 0.3) is 0 Å². The predicted molar refractivity (Wildman–Crippen MR) is 96.6 cm³/mol. The minimum Gasteiger partial charge on any atom is -0.223 e. The first kappa shape index (κ1) is 17.9. The lowest BCUT2D eigenvalue weighted by Gasteiger charge is -2.16. The van der Waals surface area contributed by atoms with E-state index in [9.17, 15) is 8.42 Å². The van der Waals surface area contributed by atoms with E-state index in [0.29, 0.717) is 0 Å². The maximum atomic E-state index is 12.6. The Kier molecular flexibility index (Phi) is 5.10. The molecule has 6 nitrogen and oxygen atoms in total. The van der Waals surface area contributed by atoms with Crippen LogP contribution in [0.5, 0.6) is 0 Å². The molecule has 9 heteroatoms. The number of rotatable bonds is 5. The first-order valence-corrected chi connectivity index (χ1v) is 9.54. The molecule has 0 aliphatic carbocycles. The molecule has 0 fully saturated rings. The highest BCUT2D eigenvalue weighted by Crippen LogP contribution is 2.30. The van der Waals surface area contributed by atoms with Gasteiger partial charge >= 0.3 is 0 Å². The first-order valence-electron chi connectivity index (χ1n) is 7.30. The van der Waals surface area contributed by atoms with Crippen molar-refractivity contribution in [1.82, 2.24) is 19.5 Å². The molecule has 0 amide bonds. The second-order valence-electron chi connectivity index (χ2n) is 5.33. The molecule has 130 valence electrons. The van der Waals surface area contributed by atoms with Crippen LogP contribution < -0.4 is 4.72 Å². The summed E-state index contributed by atoms with van der Waals surface area (Å²) < 4.78 is 29.4. The predicted octanol–water partition coefficient (Wildman–Crippen LogP) is 3.61. The molecule has 2 aromatic carbocycles. The largest absolute Gasteiger partial charge is 0.244 e. The van der Waals surface area contributed by atoms with Crippen LogP contribution in [0.1, 0.15) is 18.5 Å². The van der Waals surface area contributed by atoms with E-state index in [1.165, 1.54) is 18.5 Å². The second kappa shape index (κ2) is 7.13. The van der Waals surface area contributed by atoms with E-state index >= 15 is 0 Å². The van der Waals surface area contributed by atoms with Gasteiger partial charge in [0, 0.05) is 6.04 Å². The van der Waals surface area contributed by atoms with Crippen molar-refractivity contribution < 1.29 is 8.42 Å². The summed E-state index contributed by atoms with van der Waals surface area (Å²) in [5.74, 6) is 0. The molecule has 1 N–H and O–H groups in total. The van der Waals surface area contributed by atoms with E-state index in [1.54, 1.807) is 24.0 Å². The lowest BCUT2D eigenvalue weighted by molar-refractivity contribution is 0.567. The molecule has 0 spiro atoms. The Labute approximate surface area is 155 Å². The van der Waals surface area contributed by atoms with E-state index in [1.807, 2.05) is 24.3 Å². The van der Waals surface area contributed by atoms with Crippen LogP contribution >= 0.6 is 23.2 Å². The molecular formula is C16H14Cl2N4O2S. The Morgan fingerprint density at radius 2 is 1.72 bits per heavy atom. The van der Waals surface area contributed by atoms with Crippen LogP contribution in [0.2, 0.25) is 10.0 Å². The molecule has 0 saturated carbocycles. The van der Waals surface area contributed by atoms with Crippen LogP contribution in [0.3, 0.4) is 0 Å². The summed E-state index contributed by atoms with van der Waals surface area (Å²) in [6.07, 6.45) is 3.03. The van der Waals surface area contributed by atoms with Crippen molar-refractivity contribution in [3.63, 3.8) is 0 Å². The van der Waals surface area contributed by atoms with Crippen LogP contribution in [0.15, 0.2) is 60.0 Å². The van der Waals surface area contributed by atoms with Crippen LogP contribution in [-0.2, 0) is 10.0 Å². The van der Waals surface area contributed by atoms with Gasteiger partial charge in [0.2, 0.25) is 10.0 Å². The molecular weight excluding hydrogens is 383 g/mol. The second-order valence-corrected chi connectivity index (χ2v) is 7.79. The summed E-state index contributed by atoms with van der Waals surface area (Å²) in [6.45, 7) is 1.74. The van der Waals surface area contributed by atoms with Crippen LogP contribution in [-0.4, -0.2) is 23.2 Å². The number of nitrogens with one attached hydrogen (secondary N) is 1. The first-order chi connectivity index (χ1) is 11.9. The molecule has 0 aliphatic rings. The average Bonchev–Trinajstić information content (AvgIpc) is 3.08. The zero-order valence-electron chi connectivity index (χ0n) is 13.1. The van der Waals surface area contributed by atoms with E-state index in [4.69, 9.17) is 23.2 Å². The lowest BCUT2D eigenvalue weighted by atomic mass is 10.1. The van der Waals surface area contributed by atoms with E-state index in [2.05, 4.69) is 14.8 Å². The summed E-state index contributed by atoms with van der Waals surface area (Å²) >= 11 is 12.0. The average molecular weight is 397 g/mol. The highest BCUT2D eigenvalue weighted by Gasteiger charge is 2.24. The number of nitrogens with zero attached hydrogens (tertiary/aromatic N) is 3. The van der Waals surface area contributed by atoms with Gasteiger partial charge in [0.15, 0.2) is 0 Å². The number of sulfonamides is 1. The molecule has 0 bridgehead atoms. The smallest absolute Gasteiger partial charge is 0.223 e. The van der Waals surface area contributed by atoms with Gasteiger partial charge in [-0.1, -0.05) is 41.4 Å². The Balaban J connectivity index is 1.83. The molecule has 3 aromatic rings. The SMILES string of the molecule is C[C@@H](NS(=O)(=O)c1c(Cl)cccc1Cl)c1ccc(-n2cncn2)cc1. The van der Waals surface area contributed by atoms with E-state index < -0.39 is 16.1 Å². The van der Waals surface area contributed by atoms with Crippen molar-refractivity contribution in [2.45, 2.75) is 17.9 Å². The highest BCUT2D eigenvalue weighted by molar-refractivity contribution is 7.89. The number of benzene rings is 2. The molecule has 1 heterocycles. The number of halogens is 2. The Hall–Kier alpha value is -1.93. The monoisotopic (exact) mass is 396 g/mol. The van der Waals surface area contributed by atoms with Crippen molar-refractivity contribution in [3.8, 4) is 5.69 Å². The normalized spacial score (nSPS) is 12.9. The third-order valence-corrected chi connectivity index (χ3v) is 6.09. The summed E-state index contributed by atoms with van der Waals surface area (Å²) in [4.78, 5) is 3.77. The van der Waals surface area contributed by atoms with Gasteiger partial charge in [-0.15, -0.1) is 0 Å². The van der Waals surface area contributed by atoms with Crippen molar-refractivity contribution in [2.24, 2.45) is 0 Å². The summed E-state index contributed by atoms with van der Waals surface area (Å²) in [5.41, 5.74) is 1.61. The summed E-state index contributed by atoms with van der Waals surface area (Å²) in [7, 11) is -3.86.